The van der Waals surface area contributed by atoms with E-state index < -0.39 is 10.0 Å². The molecule has 9 nitrogen and oxygen atoms in total. The van der Waals surface area contributed by atoms with Gasteiger partial charge in [-0.2, -0.15) is 0 Å². The van der Waals surface area contributed by atoms with Crippen LogP contribution in [0, 0.1) is 0 Å². The largest absolute Gasteiger partial charge is 0.496 e. The molecule has 0 amide bonds. The van der Waals surface area contributed by atoms with Crippen molar-refractivity contribution in [3.05, 3.63) is 41.5 Å². The van der Waals surface area contributed by atoms with E-state index in [2.05, 4.69) is 9.88 Å². The molecular weight excluding hydrogens is 446 g/mol. The van der Waals surface area contributed by atoms with Gasteiger partial charge in [0.15, 0.2) is 11.4 Å². The molecule has 31 heavy (non-hydrogen) atoms. The summed E-state index contributed by atoms with van der Waals surface area (Å²) in [6.07, 6.45) is 0.683. The highest BCUT2D eigenvalue weighted by Gasteiger charge is 2.24. The first kappa shape index (κ1) is 24.7. The van der Waals surface area contributed by atoms with Crippen molar-refractivity contribution in [2.45, 2.75) is 24.8 Å². The van der Waals surface area contributed by atoms with Crippen LogP contribution in [0.4, 0.5) is 5.82 Å². The van der Waals surface area contributed by atoms with Crippen LogP contribution in [-0.4, -0.2) is 40.9 Å². The molecule has 0 radical (unpaired) electrons. The second-order valence-electron chi connectivity index (χ2n) is 6.49. The fraction of sp³-hybridized carbons (Fsp3) is 0.350. The fourth-order valence-corrected chi connectivity index (χ4v) is 4.24. The van der Waals surface area contributed by atoms with Crippen LogP contribution in [0.25, 0.3) is 11.0 Å². The van der Waals surface area contributed by atoms with Crippen molar-refractivity contribution in [3.8, 4) is 11.5 Å². The number of nitrogens with one attached hydrogen (secondary N) is 1. The van der Waals surface area contributed by atoms with E-state index in [4.69, 9.17) is 24.5 Å². The van der Waals surface area contributed by atoms with E-state index in [-0.39, 0.29) is 28.9 Å². The van der Waals surface area contributed by atoms with E-state index >= 15 is 0 Å². The minimum atomic E-state index is -3.99. The topological polar surface area (TPSA) is 126 Å². The summed E-state index contributed by atoms with van der Waals surface area (Å²) in [6.45, 7) is 3.08. The van der Waals surface area contributed by atoms with Crippen molar-refractivity contribution in [1.29, 1.82) is 0 Å². The first-order chi connectivity index (χ1) is 14.4. The fourth-order valence-electron chi connectivity index (χ4n) is 3.01. The Morgan fingerprint density at radius 2 is 1.84 bits per heavy atom. The summed E-state index contributed by atoms with van der Waals surface area (Å²) >= 11 is 0. The van der Waals surface area contributed by atoms with Crippen molar-refractivity contribution < 1.29 is 27.2 Å². The molecule has 0 aliphatic rings. The van der Waals surface area contributed by atoms with Crippen LogP contribution in [0.2, 0.25) is 0 Å². The van der Waals surface area contributed by atoms with Crippen molar-refractivity contribution >= 4 is 39.2 Å². The molecule has 0 unspecified atom stereocenters. The van der Waals surface area contributed by atoms with Crippen LogP contribution in [0.5, 0.6) is 11.5 Å². The predicted octanol–water partition coefficient (Wildman–Crippen LogP) is 3.11. The lowest BCUT2D eigenvalue weighted by molar-refractivity contribution is 0.128. The summed E-state index contributed by atoms with van der Waals surface area (Å²) in [6, 6.07) is 8.49. The SMILES string of the molecule is CCc1ccc(OC)c(S(=O)(=O)Nc2noc3cc(COCCN)cc(OC)c23)c1.Cl. The Morgan fingerprint density at radius 3 is 2.48 bits per heavy atom. The summed E-state index contributed by atoms with van der Waals surface area (Å²) in [5, 5.41) is 4.31. The zero-order valence-corrected chi connectivity index (χ0v) is 19.1. The van der Waals surface area contributed by atoms with Gasteiger partial charge in [-0.05, 0) is 41.8 Å². The molecule has 0 atom stereocenters. The van der Waals surface area contributed by atoms with Gasteiger partial charge in [0.1, 0.15) is 21.8 Å². The predicted molar refractivity (Wildman–Crippen MR) is 120 cm³/mol. The summed E-state index contributed by atoms with van der Waals surface area (Å²) in [5.41, 5.74) is 7.45. The van der Waals surface area contributed by atoms with Crippen LogP contribution >= 0.6 is 12.4 Å². The molecule has 0 aliphatic heterocycles. The second kappa shape index (κ2) is 10.7. The van der Waals surface area contributed by atoms with Crippen LogP contribution in [0.15, 0.2) is 39.8 Å². The highest BCUT2D eigenvalue weighted by Crippen LogP contribution is 2.36. The smallest absolute Gasteiger partial charge is 0.266 e. The van der Waals surface area contributed by atoms with Gasteiger partial charge in [-0.1, -0.05) is 18.1 Å². The number of aryl methyl sites for hydroxylation is 1. The molecule has 0 spiro atoms. The third-order valence-electron chi connectivity index (χ3n) is 4.51. The number of nitrogens with two attached hydrogens (primary N) is 1. The first-order valence-electron chi connectivity index (χ1n) is 9.37. The summed E-state index contributed by atoms with van der Waals surface area (Å²) in [4.78, 5) is 0.0197. The van der Waals surface area contributed by atoms with Gasteiger partial charge >= 0.3 is 0 Å². The Kier molecular flexibility index (Phi) is 8.52. The number of nitrogens with zero attached hydrogens (tertiary/aromatic N) is 1. The molecule has 170 valence electrons. The van der Waals surface area contributed by atoms with E-state index in [9.17, 15) is 8.42 Å². The van der Waals surface area contributed by atoms with Crippen LogP contribution < -0.4 is 19.9 Å². The molecule has 0 fully saturated rings. The monoisotopic (exact) mass is 471 g/mol. The minimum Gasteiger partial charge on any atom is -0.496 e. The third-order valence-corrected chi connectivity index (χ3v) is 5.87. The molecule has 11 heteroatoms. The van der Waals surface area contributed by atoms with Gasteiger partial charge < -0.3 is 24.5 Å². The second-order valence-corrected chi connectivity index (χ2v) is 8.14. The maximum atomic E-state index is 13.1. The van der Waals surface area contributed by atoms with Gasteiger partial charge in [0.05, 0.1) is 27.4 Å². The van der Waals surface area contributed by atoms with Gasteiger partial charge in [-0.15, -0.1) is 12.4 Å². The Labute approximate surface area is 187 Å². The number of benzene rings is 2. The van der Waals surface area contributed by atoms with Gasteiger partial charge in [0.2, 0.25) is 0 Å². The molecule has 2 aromatic carbocycles. The van der Waals surface area contributed by atoms with Crippen molar-refractivity contribution in [1.82, 2.24) is 5.16 Å². The van der Waals surface area contributed by atoms with Gasteiger partial charge in [0, 0.05) is 6.54 Å². The molecule has 0 aliphatic carbocycles. The van der Waals surface area contributed by atoms with Crippen molar-refractivity contribution in [2.75, 3.05) is 32.1 Å². The van der Waals surface area contributed by atoms with E-state index in [0.29, 0.717) is 42.9 Å². The average molecular weight is 472 g/mol. The van der Waals surface area contributed by atoms with E-state index in [1.165, 1.54) is 14.2 Å². The molecule has 1 heterocycles. The average Bonchev–Trinajstić information content (AvgIpc) is 3.14. The summed E-state index contributed by atoms with van der Waals surface area (Å²) < 4.78 is 50.1. The number of hydrogen-bond acceptors (Lipinski definition) is 8. The number of rotatable bonds is 10. The van der Waals surface area contributed by atoms with E-state index in [1.54, 1.807) is 24.3 Å². The molecule has 1 aromatic heterocycles. The molecule has 0 bridgehead atoms. The Balaban J connectivity index is 0.00000341. The molecule has 3 rings (SSSR count). The van der Waals surface area contributed by atoms with Gasteiger partial charge in [-0.3, -0.25) is 4.72 Å². The number of anilines is 1. The minimum absolute atomic E-state index is 0. The quantitative estimate of drug-likeness (QED) is 0.432. The Bertz CT molecular complexity index is 1130. The lowest BCUT2D eigenvalue weighted by atomic mass is 10.1. The zero-order chi connectivity index (χ0) is 21.7. The Hall–Kier alpha value is -2.53. The molecule has 3 N–H and O–H groups in total. The maximum absolute atomic E-state index is 13.1. The number of methoxy groups -OCH3 is 2. The lowest BCUT2D eigenvalue weighted by Gasteiger charge is -2.12. The molecule has 0 saturated carbocycles. The van der Waals surface area contributed by atoms with Crippen molar-refractivity contribution in [3.63, 3.8) is 0 Å². The maximum Gasteiger partial charge on any atom is 0.266 e. The number of hydrogen-bond donors (Lipinski definition) is 2. The normalized spacial score (nSPS) is 11.2. The Morgan fingerprint density at radius 1 is 1.10 bits per heavy atom. The highest BCUT2D eigenvalue weighted by atomic mass is 35.5. The van der Waals surface area contributed by atoms with Crippen LogP contribution in [0.1, 0.15) is 18.1 Å². The summed E-state index contributed by atoms with van der Waals surface area (Å²) in [5.74, 6) is 0.672. The van der Waals surface area contributed by atoms with Crippen molar-refractivity contribution in [2.24, 2.45) is 5.73 Å². The van der Waals surface area contributed by atoms with Gasteiger partial charge in [-0.25, -0.2) is 8.42 Å². The number of ether oxygens (including phenoxy) is 3. The standard InChI is InChI=1S/C20H25N3O6S.ClH/c1-4-13-5-6-15(26-2)18(11-13)30(24,25)23-20-19-16(27-3)9-14(12-28-8-7-21)10-17(19)29-22-20;/h5-6,9-11H,4,7-8,12,21H2,1-3H3,(H,22,23);1H. The number of fused-ring (bicyclic) bond motifs is 1. The van der Waals surface area contributed by atoms with Gasteiger partial charge in [0.25, 0.3) is 10.0 Å². The number of halogens is 1. The highest BCUT2D eigenvalue weighted by molar-refractivity contribution is 7.92. The lowest BCUT2D eigenvalue weighted by Crippen LogP contribution is -2.15. The van der Waals surface area contributed by atoms with E-state index in [1.807, 2.05) is 13.0 Å². The van der Waals surface area contributed by atoms with Crippen LogP contribution in [0.3, 0.4) is 0 Å². The number of sulfonamides is 1. The third kappa shape index (κ3) is 5.40. The zero-order valence-electron chi connectivity index (χ0n) is 17.5. The number of aromatic nitrogens is 1. The molecule has 0 saturated heterocycles. The molecular formula is C20H26ClN3O6S. The van der Waals surface area contributed by atoms with Crippen LogP contribution in [-0.2, 0) is 27.8 Å². The van der Waals surface area contributed by atoms with E-state index in [0.717, 1.165) is 11.1 Å². The summed E-state index contributed by atoms with van der Waals surface area (Å²) in [7, 11) is -1.09. The first-order valence-corrected chi connectivity index (χ1v) is 10.9. The molecule has 3 aromatic rings.